The highest BCUT2D eigenvalue weighted by atomic mass is 35.5. The van der Waals surface area contributed by atoms with E-state index in [1.54, 1.807) is 12.5 Å². The first-order chi connectivity index (χ1) is 15.1. The van der Waals surface area contributed by atoms with Gasteiger partial charge in [-0.25, -0.2) is 4.98 Å². The molecular weight excluding hydrogens is 412 g/mol. The molecule has 0 bridgehead atoms. The molecule has 7 heteroatoms. The summed E-state index contributed by atoms with van der Waals surface area (Å²) in [6.45, 7) is 2.00. The second-order valence-electron chi connectivity index (χ2n) is 7.59. The lowest BCUT2D eigenvalue weighted by Gasteiger charge is -2.19. The third kappa shape index (κ3) is 5.54. The summed E-state index contributed by atoms with van der Waals surface area (Å²) in [6, 6.07) is 18.2. The number of aromatic nitrogens is 3. The molecule has 0 aliphatic heterocycles. The number of fused-ring (bicyclic) bond motifs is 1. The van der Waals surface area contributed by atoms with Gasteiger partial charge in [0, 0.05) is 36.0 Å². The van der Waals surface area contributed by atoms with Gasteiger partial charge in [-0.3, -0.25) is 4.79 Å². The van der Waals surface area contributed by atoms with Crippen LogP contribution in [0.2, 0.25) is 5.02 Å². The van der Waals surface area contributed by atoms with Gasteiger partial charge in [-0.2, -0.15) is 0 Å². The molecule has 0 saturated carbocycles. The van der Waals surface area contributed by atoms with Gasteiger partial charge < -0.3 is 19.6 Å². The molecule has 6 nitrogen and oxygen atoms in total. The molecule has 0 aliphatic carbocycles. The van der Waals surface area contributed by atoms with E-state index in [1.807, 2.05) is 41.0 Å². The third-order valence-corrected chi connectivity index (χ3v) is 5.52. The molecule has 0 fully saturated rings. The van der Waals surface area contributed by atoms with Crippen molar-refractivity contribution in [1.82, 2.24) is 14.1 Å². The van der Waals surface area contributed by atoms with Crippen LogP contribution in [0, 0.1) is 0 Å². The van der Waals surface area contributed by atoms with Gasteiger partial charge in [-0.1, -0.05) is 48.0 Å². The maximum atomic E-state index is 11.3. The van der Waals surface area contributed by atoms with E-state index < -0.39 is 5.91 Å². The van der Waals surface area contributed by atoms with Crippen LogP contribution in [0.4, 0.5) is 0 Å². The number of nitrogens with zero attached hydrogens (tertiary/aromatic N) is 3. The van der Waals surface area contributed by atoms with E-state index in [2.05, 4.69) is 33.9 Å². The molecule has 160 valence electrons. The van der Waals surface area contributed by atoms with Crippen LogP contribution >= 0.6 is 11.6 Å². The molecule has 2 aromatic heterocycles. The van der Waals surface area contributed by atoms with Crippen molar-refractivity contribution in [3.63, 3.8) is 0 Å². The molecule has 31 heavy (non-hydrogen) atoms. The van der Waals surface area contributed by atoms with E-state index in [0.717, 1.165) is 35.5 Å². The van der Waals surface area contributed by atoms with Gasteiger partial charge >= 0.3 is 0 Å². The Balaban J connectivity index is 1.41. The van der Waals surface area contributed by atoms with Crippen molar-refractivity contribution in [1.29, 1.82) is 0 Å². The van der Waals surface area contributed by atoms with Crippen molar-refractivity contribution in [2.45, 2.75) is 38.6 Å². The highest BCUT2D eigenvalue weighted by Gasteiger charge is 2.13. The molecule has 4 aromatic rings. The maximum absolute atomic E-state index is 11.3. The van der Waals surface area contributed by atoms with Crippen molar-refractivity contribution in [2.75, 3.05) is 0 Å². The molecule has 2 N–H and O–H groups in total. The molecule has 2 aromatic carbocycles. The molecule has 2 heterocycles. The smallest absolute Gasteiger partial charge is 0.268 e. The Morgan fingerprint density at radius 3 is 2.77 bits per heavy atom. The number of amides is 1. The number of rotatable bonds is 10. The van der Waals surface area contributed by atoms with Gasteiger partial charge in [0.1, 0.15) is 5.69 Å². The number of benzene rings is 2. The fourth-order valence-electron chi connectivity index (χ4n) is 3.68. The first-order valence-corrected chi connectivity index (χ1v) is 10.7. The molecule has 0 aliphatic rings. The zero-order valence-corrected chi connectivity index (χ0v) is 17.9. The van der Waals surface area contributed by atoms with Gasteiger partial charge in [0.15, 0.2) is 0 Å². The van der Waals surface area contributed by atoms with Crippen molar-refractivity contribution in [3.05, 3.63) is 89.6 Å². The molecule has 1 atom stereocenters. The van der Waals surface area contributed by atoms with Gasteiger partial charge in [0.2, 0.25) is 0 Å². The van der Waals surface area contributed by atoms with Crippen LogP contribution in [0.3, 0.4) is 0 Å². The number of imidazole rings is 1. The number of aryl methyl sites for hydroxylation is 1. The summed E-state index contributed by atoms with van der Waals surface area (Å²) in [5, 5.41) is 1.92. The zero-order chi connectivity index (χ0) is 21.6. The Morgan fingerprint density at radius 2 is 2.00 bits per heavy atom. The van der Waals surface area contributed by atoms with Gasteiger partial charge in [0.25, 0.3) is 5.91 Å². The fourth-order valence-corrected chi connectivity index (χ4v) is 3.85. The minimum atomic E-state index is -0.529. The number of ether oxygens (including phenoxy) is 1. The van der Waals surface area contributed by atoms with E-state index in [-0.39, 0.29) is 11.8 Å². The summed E-state index contributed by atoms with van der Waals surface area (Å²) < 4.78 is 10.3. The summed E-state index contributed by atoms with van der Waals surface area (Å²) in [6.07, 6.45) is 7.16. The summed E-state index contributed by atoms with van der Waals surface area (Å²) >= 11 is 6.17. The van der Waals surface area contributed by atoms with Crippen molar-refractivity contribution in [2.24, 2.45) is 5.73 Å². The van der Waals surface area contributed by atoms with Gasteiger partial charge in [-0.05, 0) is 42.0 Å². The predicted octanol–water partition coefficient (Wildman–Crippen LogP) is 4.66. The zero-order valence-electron chi connectivity index (χ0n) is 17.2. The van der Waals surface area contributed by atoms with Crippen molar-refractivity contribution < 1.29 is 9.53 Å². The molecule has 0 spiro atoms. The Bertz CT molecular complexity index is 1150. The van der Waals surface area contributed by atoms with Crippen LogP contribution in [-0.2, 0) is 24.4 Å². The van der Waals surface area contributed by atoms with Crippen LogP contribution in [0.5, 0.6) is 0 Å². The SMILES string of the molecule is NC(=O)c1cn(CC(CCCn2ccc3ccc(Cl)cc32)OCc2ccccc2)cn1. The predicted molar refractivity (Wildman–Crippen MR) is 122 cm³/mol. The van der Waals surface area contributed by atoms with Crippen LogP contribution in [-0.4, -0.2) is 26.1 Å². The Hall–Kier alpha value is -3.09. The van der Waals surface area contributed by atoms with Crippen LogP contribution < -0.4 is 5.73 Å². The number of halogens is 1. The largest absolute Gasteiger partial charge is 0.372 e. The molecule has 0 radical (unpaired) electrons. The minimum Gasteiger partial charge on any atom is -0.372 e. The van der Waals surface area contributed by atoms with Crippen LogP contribution in [0.25, 0.3) is 10.9 Å². The number of nitrogens with two attached hydrogens (primary N) is 1. The molecule has 1 unspecified atom stereocenters. The summed E-state index contributed by atoms with van der Waals surface area (Å²) in [5.74, 6) is -0.529. The maximum Gasteiger partial charge on any atom is 0.268 e. The number of hydrogen-bond acceptors (Lipinski definition) is 3. The Kier molecular flexibility index (Phi) is 6.70. The summed E-state index contributed by atoms with van der Waals surface area (Å²) in [5.41, 5.74) is 7.85. The lowest BCUT2D eigenvalue weighted by Crippen LogP contribution is -2.20. The van der Waals surface area contributed by atoms with Crippen molar-refractivity contribution >= 4 is 28.4 Å². The van der Waals surface area contributed by atoms with E-state index in [9.17, 15) is 4.79 Å². The molecule has 0 saturated heterocycles. The van der Waals surface area contributed by atoms with Gasteiger partial charge in [0.05, 0.1) is 19.0 Å². The minimum absolute atomic E-state index is 0.0273. The lowest BCUT2D eigenvalue weighted by molar-refractivity contribution is 0.0218. The highest BCUT2D eigenvalue weighted by Crippen LogP contribution is 2.21. The second-order valence-corrected chi connectivity index (χ2v) is 8.03. The van der Waals surface area contributed by atoms with Gasteiger partial charge in [-0.15, -0.1) is 0 Å². The van der Waals surface area contributed by atoms with Crippen LogP contribution in [0.15, 0.2) is 73.3 Å². The molecular formula is C24H25ClN4O2. The standard InChI is InChI=1S/C24H25ClN4O2/c25-20-9-8-19-10-12-29(23(19)13-20)11-4-7-21(31-16-18-5-2-1-3-6-18)14-28-15-22(24(26)30)27-17-28/h1-3,5-6,8-10,12-13,15,17,21H,4,7,11,14,16H2,(H2,26,30). The average Bonchev–Trinajstić information content (AvgIpc) is 3.40. The Labute approximate surface area is 186 Å². The van der Waals surface area contributed by atoms with E-state index in [0.29, 0.717) is 13.2 Å². The molecule has 1 amide bonds. The number of carbonyl (C=O) groups excluding carboxylic acids is 1. The normalized spacial score (nSPS) is 12.3. The Morgan fingerprint density at radius 1 is 1.16 bits per heavy atom. The molecule has 4 rings (SSSR count). The van der Waals surface area contributed by atoms with E-state index in [4.69, 9.17) is 22.1 Å². The van der Waals surface area contributed by atoms with Crippen molar-refractivity contribution in [3.8, 4) is 0 Å². The van der Waals surface area contributed by atoms with E-state index in [1.165, 1.54) is 5.39 Å². The highest BCUT2D eigenvalue weighted by molar-refractivity contribution is 6.31. The van der Waals surface area contributed by atoms with Crippen LogP contribution in [0.1, 0.15) is 28.9 Å². The topological polar surface area (TPSA) is 75.1 Å². The fraction of sp³-hybridized carbons (Fsp3) is 0.250. The second kappa shape index (κ2) is 9.81. The first kappa shape index (κ1) is 21.2. The summed E-state index contributed by atoms with van der Waals surface area (Å²) in [7, 11) is 0. The van der Waals surface area contributed by atoms with E-state index >= 15 is 0 Å². The quantitative estimate of drug-likeness (QED) is 0.393. The third-order valence-electron chi connectivity index (χ3n) is 5.29. The monoisotopic (exact) mass is 436 g/mol. The first-order valence-electron chi connectivity index (χ1n) is 10.3. The summed E-state index contributed by atoms with van der Waals surface area (Å²) in [4.78, 5) is 15.4. The number of carbonyl (C=O) groups is 1. The number of primary amides is 1. The average molecular weight is 437 g/mol. The lowest BCUT2D eigenvalue weighted by atomic mass is 10.1. The number of hydrogen-bond donors (Lipinski definition) is 1.